The van der Waals surface area contributed by atoms with E-state index in [1.165, 1.54) is 6.92 Å². The normalized spacial score (nSPS) is 22.9. The Kier molecular flexibility index (Phi) is 5.77. The Hall–Kier alpha value is -0.750. The lowest BCUT2D eigenvalue weighted by atomic mass is 10.0. The van der Waals surface area contributed by atoms with Crippen LogP contribution in [0.2, 0.25) is 0 Å². The molecule has 2 amide bonds. The van der Waals surface area contributed by atoms with Crippen LogP contribution in [-0.4, -0.2) is 42.9 Å². The van der Waals surface area contributed by atoms with Crippen molar-refractivity contribution < 1.29 is 14.3 Å². The first-order valence-electron chi connectivity index (χ1n) is 5.80. The molecule has 6 heteroatoms. The quantitative estimate of drug-likeness (QED) is 0.608. The SMILES string of the molecule is CC(=O)NC(CS)C(=O)NC(C)C1CCOC1. The van der Waals surface area contributed by atoms with Crippen LogP contribution in [0, 0.1) is 5.92 Å². The Balaban J connectivity index is 2.42. The molecule has 1 heterocycles. The maximum atomic E-state index is 11.9. The van der Waals surface area contributed by atoms with E-state index in [1.54, 1.807) is 0 Å². The molecular formula is C11H20N2O3S. The Labute approximate surface area is 107 Å². The number of carbonyl (C=O) groups excluding carboxylic acids is 2. The molecule has 1 rings (SSSR count). The molecule has 0 aromatic carbocycles. The van der Waals surface area contributed by atoms with E-state index in [1.807, 2.05) is 6.92 Å². The lowest BCUT2D eigenvalue weighted by Crippen LogP contribution is -2.51. The molecule has 17 heavy (non-hydrogen) atoms. The molecule has 5 nitrogen and oxygen atoms in total. The molecule has 98 valence electrons. The second kappa shape index (κ2) is 6.86. The van der Waals surface area contributed by atoms with Crippen molar-refractivity contribution in [2.75, 3.05) is 19.0 Å². The minimum Gasteiger partial charge on any atom is -0.381 e. The molecule has 3 unspecified atom stereocenters. The van der Waals surface area contributed by atoms with Gasteiger partial charge < -0.3 is 15.4 Å². The number of hydrogen-bond acceptors (Lipinski definition) is 4. The van der Waals surface area contributed by atoms with Crippen molar-refractivity contribution in [1.82, 2.24) is 10.6 Å². The fourth-order valence-corrected chi connectivity index (χ4v) is 2.09. The smallest absolute Gasteiger partial charge is 0.243 e. The van der Waals surface area contributed by atoms with Crippen LogP contribution in [0.1, 0.15) is 20.3 Å². The first-order chi connectivity index (χ1) is 8.04. The van der Waals surface area contributed by atoms with Gasteiger partial charge in [0, 0.05) is 31.2 Å². The van der Waals surface area contributed by atoms with Gasteiger partial charge in [-0.25, -0.2) is 0 Å². The number of ether oxygens (including phenoxy) is 1. The summed E-state index contributed by atoms with van der Waals surface area (Å²) in [6.07, 6.45) is 0.965. The van der Waals surface area contributed by atoms with E-state index >= 15 is 0 Å². The van der Waals surface area contributed by atoms with E-state index in [0.717, 1.165) is 13.0 Å². The standard InChI is InChI=1S/C11H20N2O3S/c1-7(9-3-4-16-5-9)12-11(15)10(6-17)13-8(2)14/h7,9-10,17H,3-6H2,1-2H3,(H,12,15)(H,13,14). The molecule has 0 aromatic heterocycles. The van der Waals surface area contributed by atoms with E-state index in [4.69, 9.17) is 4.74 Å². The average Bonchev–Trinajstić information content (AvgIpc) is 2.78. The summed E-state index contributed by atoms with van der Waals surface area (Å²) in [5.41, 5.74) is 0. The van der Waals surface area contributed by atoms with Crippen molar-refractivity contribution in [2.24, 2.45) is 5.92 Å². The van der Waals surface area contributed by atoms with Gasteiger partial charge in [-0.3, -0.25) is 9.59 Å². The molecule has 1 saturated heterocycles. The van der Waals surface area contributed by atoms with Crippen LogP contribution >= 0.6 is 12.6 Å². The molecule has 1 aliphatic heterocycles. The van der Waals surface area contributed by atoms with E-state index in [0.29, 0.717) is 18.3 Å². The highest BCUT2D eigenvalue weighted by Gasteiger charge is 2.26. The second-order valence-corrected chi connectivity index (χ2v) is 4.72. The first-order valence-corrected chi connectivity index (χ1v) is 6.44. The maximum Gasteiger partial charge on any atom is 0.243 e. The van der Waals surface area contributed by atoms with Crippen LogP contribution in [0.15, 0.2) is 0 Å². The number of nitrogens with one attached hydrogen (secondary N) is 2. The Bertz CT molecular complexity index is 280. The van der Waals surface area contributed by atoms with Crippen LogP contribution in [-0.2, 0) is 14.3 Å². The number of hydrogen-bond donors (Lipinski definition) is 3. The molecule has 2 N–H and O–H groups in total. The summed E-state index contributed by atoms with van der Waals surface area (Å²) in [5, 5.41) is 5.46. The van der Waals surface area contributed by atoms with Crippen molar-refractivity contribution in [2.45, 2.75) is 32.4 Å². The highest BCUT2D eigenvalue weighted by Crippen LogP contribution is 2.16. The lowest BCUT2D eigenvalue weighted by molar-refractivity contribution is -0.128. The number of amides is 2. The molecule has 0 radical (unpaired) electrons. The monoisotopic (exact) mass is 260 g/mol. The summed E-state index contributed by atoms with van der Waals surface area (Å²) in [5.74, 6) is 0.238. The second-order valence-electron chi connectivity index (χ2n) is 4.36. The van der Waals surface area contributed by atoms with Crippen LogP contribution in [0.4, 0.5) is 0 Å². The molecule has 0 spiro atoms. The van der Waals surface area contributed by atoms with Crippen molar-refractivity contribution in [3.63, 3.8) is 0 Å². The molecule has 0 saturated carbocycles. The van der Waals surface area contributed by atoms with E-state index in [9.17, 15) is 9.59 Å². The highest BCUT2D eigenvalue weighted by atomic mass is 32.1. The largest absolute Gasteiger partial charge is 0.381 e. The van der Waals surface area contributed by atoms with Crippen molar-refractivity contribution >= 4 is 24.4 Å². The number of thiol groups is 1. The van der Waals surface area contributed by atoms with Crippen LogP contribution in [0.25, 0.3) is 0 Å². The van der Waals surface area contributed by atoms with Gasteiger partial charge in [0.2, 0.25) is 11.8 Å². The molecule has 1 fully saturated rings. The van der Waals surface area contributed by atoms with Gasteiger partial charge >= 0.3 is 0 Å². The van der Waals surface area contributed by atoms with Gasteiger partial charge in [0.25, 0.3) is 0 Å². The summed E-state index contributed by atoms with van der Waals surface area (Å²) < 4.78 is 5.28. The van der Waals surface area contributed by atoms with Gasteiger partial charge in [0.1, 0.15) is 6.04 Å². The molecule has 0 aliphatic carbocycles. The minimum atomic E-state index is -0.569. The van der Waals surface area contributed by atoms with E-state index in [-0.39, 0.29) is 17.9 Å². The molecule has 3 atom stereocenters. The summed E-state index contributed by atoms with van der Waals surface area (Å²) in [6.45, 7) is 4.79. The van der Waals surface area contributed by atoms with E-state index < -0.39 is 6.04 Å². The fraction of sp³-hybridized carbons (Fsp3) is 0.818. The summed E-state index contributed by atoms with van der Waals surface area (Å²) in [4.78, 5) is 22.8. The third-order valence-corrected chi connectivity index (χ3v) is 3.28. The summed E-state index contributed by atoms with van der Waals surface area (Å²) >= 11 is 4.06. The fourth-order valence-electron chi connectivity index (χ4n) is 1.83. The average molecular weight is 260 g/mol. The Morgan fingerprint density at radius 2 is 2.18 bits per heavy atom. The van der Waals surface area contributed by atoms with Crippen LogP contribution in [0.5, 0.6) is 0 Å². The maximum absolute atomic E-state index is 11.9. The van der Waals surface area contributed by atoms with Gasteiger partial charge in [-0.2, -0.15) is 12.6 Å². The van der Waals surface area contributed by atoms with Crippen LogP contribution < -0.4 is 10.6 Å². The zero-order chi connectivity index (χ0) is 12.8. The third-order valence-electron chi connectivity index (χ3n) is 2.92. The molecule has 0 bridgehead atoms. The zero-order valence-electron chi connectivity index (χ0n) is 10.2. The van der Waals surface area contributed by atoms with Gasteiger partial charge in [-0.1, -0.05) is 0 Å². The van der Waals surface area contributed by atoms with Gasteiger partial charge in [-0.05, 0) is 13.3 Å². The third kappa shape index (κ3) is 4.55. The minimum absolute atomic E-state index is 0.0566. The van der Waals surface area contributed by atoms with Gasteiger partial charge in [0.15, 0.2) is 0 Å². The zero-order valence-corrected chi connectivity index (χ0v) is 11.1. The first kappa shape index (κ1) is 14.3. The predicted octanol–water partition coefficient (Wildman–Crippen LogP) is -0.0379. The highest BCUT2D eigenvalue weighted by molar-refractivity contribution is 7.80. The summed E-state index contributed by atoms with van der Waals surface area (Å²) in [6, 6.07) is -0.512. The molecule has 0 aromatic rings. The Morgan fingerprint density at radius 1 is 1.47 bits per heavy atom. The van der Waals surface area contributed by atoms with Gasteiger partial charge in [-0.15, -0.1) is 0 Å². The number of carbonyl (C=O) groups is 2. The van der Waals surface area contributed by atoms with Gasteiger partial charge in [0.05, 0.1) is 6.61 Å². The van der Waals surface area contributed by atoms with Crippen molar-refractivity contribution in [3.05, 3.63) is 0 Å². The van der Waals surface area contributed by atoms with Crippen molar-refractivity contribution in [3.8, 4) is 0 Å². The number of rotatable bonds is 5. The Morgan fingerprint density at radius 3 is 2.65 bits per heavy atom. The van der Waals surface area contributed by atoms with Crippen LogP contribution in [0.3, 0.4) is 0 Å². The molecular weight excluding hydrogens is 240 g/mol. The van der Waals surface area contributed by atoms with Crippen molar-refractivity contribution in [1.29, 1.82) is 0 Å². The lowest BCUT2D eigenvalue weighted by Gasteiger charge is -2.22. The predicted molar refractivity (Wildman–Crippen MR) is 68.0 cm³/mol. The molecule has 1 aliphatic rings. The topological polar surface area (TPSA) is 67.4 Å². The van der Waals surface area contributed by atoms with E-state index in [2.05, 4.69) is 23.3 Å². The summed E-state index contributed by atoms with van der Waals surface area (Å²) in [7, 11) is 0.